The first-order chi connectivity index (χ1) is 7.43. The summed E-state index contributed by atoms with van der Waals surface area (Å²) in [6.07, 6.45) is 0. The smallest absolute Gasteiger partial charge is 0.122 e. The van der Waals surface area contributed by atoms with Crippen LogP contribution in [0.3, 0.4) is 0 Å². The fraction of sp³-hybridized carbons (Fsp3) is 0. The highest BCUT2D eigenvalue weighted by Gasteiger charge is 2.02. The molecule has 0 spiro atoms. The van der Waals surface area contributed by atoms with Crippen LogP contribution >= 0.6 is 0 Å². The van der Waals surface area contributed by atoms with Crippen molar-refractivity contribution in [2.75, 3.05) is 0 Å². The summed E-state index contributed by atoms with van der Waals surface area (Å²) < 4.78 is 0. The Morgan fingerprint density at radius 2 is 1.87 bits per heavy atom. The second-order valence-corrected chi connectivity index (χ2v) is 3.16. The van der Waals surface area contributed by atoms with Gasteiger partial charge in [0.05, 0.1) is 5.69 Å². The predicted molar refractivity (Wildman–Crippen MR) is 56.5 cm³/mol. The van der Waals surface area contributed by atoms with E-state index in [2.05, 4.69) is 22.3 Å². The summed E-state index contributed by atoms with van der Waals surface area (Å²) in [4.78, 5) is 1.61. The van der Waals surface area contributed by atoms with Crippen LogP contribution in [0.5, 0.6) is 0 Å². The third kappa shape index (κ3) is 1.38. The Hall–Kier alpha value is -2.16. The van der Waals surface area contributed by atoms with Crippen molar-refractivity contribution in [3.8, 4) is 5.69 Å². The van der Waals surface area contributed by atoms with E-state index in [4.69, 9.17) is 0 Å². The first-order valence-corrected chi connectivity index (χ1v) is 4.64. The number of rotatable bonds is 1. The van der Waals surface area contributed by atoms with E-state index in [-0.39, 0.29) is 0 Å². The highest BCUT2D eigenvalue weighted by molar-refractivity contribution is 5.72. The van der Waals surface area contributed by atoms with Crippen LogP contribution in [0.4, 0.5) is 0 Å². The molecule has 1 heterocycles. The lowest BCUT2D eigenvalue weighted by Gasteiger charge is -1.95. The van der Waals surface area contributed by atoms with E-state index in [1.165, 1.54) is 0 Å². The highest BCUT2D eigenvalue weighted by atomic mass is 15.5. The summed E-state index contributed by atoms with van der Waals surface area (Å²) in [6, 6.07) is 19.2. The van der Waals surface area contributed by atoms with Gasteiger partial charge in [-0.3, -0.25) is 0 Å². The molecule has 0 atom stereocenters. The van der Waals surface area contributed by atoms with Gasteiger partial charge in [0.1, 0.15) is 11.0 Å². The van der Waals surface area contributed by atoms with E-state index in [1.807, 2.05) is 36.4 Å². The lowest BCUT2D eigenvalue weighted by atomic mass is 10.3. The van der Waals surface area contributed by atoms with Gasteiger partial charge in [0.15, 0.2) is 0 Å². The molecule has 15 heavy (non-hydrogen) atoms. The van der Waals surface area contributed by atoms with Gasteiger partial charge in [-0.15, -0.1) is 10.2 Å². The molecular formula is C12H7N3. The molecule has 0 unspecified atom stereocenters. The minimum atomic E-state index is 0.737. The minimum absolute atomic E-state index is 0.737. The summed E-state index contributed by atoms with van der Waals surface area (Å²) in [6.45, 7) is 0. The van der Waals surface area contributed by atoms with Crippen LogP contribution in [0.25, 0.3) is 16.7 Å². The second-order valence-electron chi connectivity index (χ2n) is 3.16. The van der Waals surface area contributed by atoms with Crippen molar-refractivity contribution >= 4 is 11.0 Å². The quantitative estimate of drug-likeness (QED) is 0.592. The number of hydrogen-bond acceptors (Lipinski definition) is 2. The molecule has 0 saturated heterocycles. The fourth-order valence-electron chi connectivity index (χ4n) is 1.43. The Labute approximate surface area is 87.0 Å². The number of aromatic nitrogens is 3. The van der Waals surface area contributed by atoms with Gasteiger partial charge >= 0.3 is 0 Å². The first kappa shape index (κ1) is 8.17. The van der Waals surface area contributed by atoms with Crippen molar-refractivity contribution in [2.24, 2.45) is 0 Å². The van der Waals surface area contributed by atoms with Crippen molar-refractivity contribution in [3.05, 3.63) is 54.6 Å². The number of fused-ring (bicyclic) bond motifs is 1. The summed E-state index contributed by atoms with van der Waals surface area (Å²) in [7, 11) is 0. The molecular weight excluding hydrogens is 186 g/mol. The van der Waals surface area contributed by atoms with Crippen LogP contribution in [0.15, 0.2) is 42.5 Å². The fourth-order valence-corrected chi connectivity index (χ4v) is 1.43. The molecule has 1 aromatic heterocycles. The molecule has 3 heteroatoms. The van der Waals surface area contributed by atoms with Gasteiger partial charge < -0.3 is 0 Å². The molecule has 0 amide bonds. The van der Waals surface area contributed by atoms with Gasteiger partial charge in [-0.05, 0) is 24.3 Å². The number of para-hydroxylation sites is 1. The van der Waals surface area contributed by atoms with Crippen LogP contribution in [-0.2, 0) is 0 Å². The molecule has 0 bridgehead atoms. The van der Waals surface area contributed by atoms with Crippen molar-refractivity contribution in [1.82, 2.24) is 15.0 Å². The summed E-state index contributed by atoms with van der Waals surface area (Å²) >= 11 is 0. The molecule has 3 nitrogen and oxygen atoms in total. The van der Waals surface area contributed by atoms with Crippen molar-refractivity contribution in [2.45, 2.75) is 0 Å². The first-order valence-electron chi connectivity index (χ1n) is 4.64. The van der Waals surface area contributed by atoms with Crippen molar-refractivity contribution < 1.29 is 0 Å². The monoisotopic (exact) mass is 193 g/mol. The molecule has 2 aromatic carbocycles. The predicted octanol–water partition coefficient (Wildman–Crippen LogP) is 2.02. The summed E-state index contributed by atoms with van der Waals surface area (Å²) in [5, 5.41) is 8.64. The Morgan fingerprint density at radius 1 is 1.00 bits per heavy atom. The normalized spacial score (nSPS) is 10.7. The topological polar surface area (TPSA) is 30.7 Å². The van der Waals surface area contributed by atoms with E-state index >= 15 is 0 Å². The average Bonchev–Trinajstić information content (AvgIpc) is 2.74. The number of nitrogens with zero attached hydrogens (tertiary/aromatic N) is 3. The molecule has 0 aliphatic carbocycles. The van der Waals surface area contributed by atoms with Crippen LogP contribution in [-0.4, -0.2) is 15.0 Å². The maximum Gasteiger partial charge on any atom is 0.122 e. The zero-order valence-electron chi connectivity index (χ0n) is 7.88. The Morgan fingerprint density at radius 3 is 2.67 bits per heavy atom. The third-order valence-electron chi connectivity index (χ3n) is 2.14. The van der Waals surface area contributed by atoms with Gasteiger partial charge in [0.2, 0.25) is 0 Å². The van der Waals surface area contributed by atoms with Gasteiger partial charge in [0.25, 0.3) is 0 Å². The Balaban J connectivity index is 2.21. The van der Waals surface area contributed by atoms with Gasteiger partial charge in [-0.1, -0.05) is 24.3 Å². The van der Waals surface area contributed by atoms with E-state index in [9.17, 15) is 0 Å². The molecule has 70 valence electrons. The average molecular weight is 193 g/mol. The minimum Gasteiger partial charge on any atom is -0.150 e. The van der Waals surface area contributed by atoms with E-state index < -0.39 is 0 Å². The SMILES string of the molecule is [c]1[c]c2nn(-c3ccccc3)nc2cc1. The number of hydrogen-bond donors (Lipinski definition) is 0. The molecule has 0 aliphatic heterocycles. The molecule has 0 fully saturated rings. The van der Waals surface area contributed by atoms with Gasteiger partial charge in [-0.25, -0.2) is 0 Å². The largest absolute Gasteiger partial charge is 0.150 e. The Bertz CT molecular complexity index is 551. The highest BCUT2D eigenvalue weighted by Crippen LogP contribution is 2.10. The Kier molecular flexibility index (Phi) is 1.75. The van der Waals surface area contributed by atoms with Crippen LogP contribution in [0.1, 0.15) is 0 Å². The van der Waals surface area contributed by atoms with Crippen LogP contribution in [0, 0.1) is 12.1 Å². The zero-order valence-corrected chi connectivity index (χ0v) is 7.88. The van der Waals surface area contributed by atoms with Gasteiger partial charge in [-0.2, -0.15) is 4.80 Å². The lowest BCUT2D eigenvalue weighted by Crippen LogP contribution is -1.97. The van der Waals surface area contributed by atoms with Crippen molar-refractivity contribution in [3.63, 3.8) is 0 Å². The summed E-state index contributed by atoms with van der Waals surface area (Å²) in [5.41, 5.74) is 2.51. The van der Waals surface area contributed by atoms with E-state index in [0.29, 0.717) is 0 Å². The van der Waals surface area contributed by atoms with Gasteiger partial charge in [0, 0.05) is 6.07 Å². The lowest BCUT2D eigenvalue weighted by molar-refractivity contribution is 0.765. The molecule has 0 N–H and O–H groups in total. The maximum absolute atomic E-state index is 4.34. The zero-order chi connectivity index (χ0) is 10.1. The molecule has 0 saturated carbocycles. The second kappa shape index (κ2) is 3.20. The van der Waals surface area contributed by atoms with E-state index in [1.54, 1.807) is 10.9 Å². The molecule has 0 aliphatic rings. The van der Waals surface area contributed by atoms with Crippen LogP contribution in [0.2, 0.25) is 0 Å². The standard InChI is InChI=1S/C12H7N3/c1-2-6-10(7-3-1)15-13-11-8-4-5-9-12(11)14-15/h1-4,6-8H. The van der Waals surface area contributed by atoms with Crippen LogP contribution < -0.4 is 0 Å². The summed E-state index contributed by atoms with van der Waals surface area (Å²) in [5.74, 6) is 0. The van der Waals surface area contributed by atoms with Crippen molar-refractivity contribution in [1.29, 1.82) is 0 Å². The third-order valence-corrected chi connectivity index (χ3v) is 2.14. The van der Waals surface area contributed by atoms with E-state index in [0.717, 1.165) is 16.7 Å². The number of benzene rings is 2. The molecule has 2 radical (unpaired) electrons. The molecule has 3 aromatic rings. The maximum atomic E-state index is 4.34. The molecule has 3 rings (SSSR count).